The number of carbonyl (C=O) groups excluding carboxylic acids is 1. The standard InChI is InChI=1S/C23H33N5O/c1-3-28-21-11-10-19(24-17-18-8-5-4-6-9-18)16-20(21)22(25-28)23(29)27-13-7-12-26(2)14-15-27/h4-6,8-9,19,24H,3,7,10-17H2,1-2H3. The number of aryl methyl sites for hydroxylation is 1. The van der Waals surface area contributed by atoms with Gasteiger partial charge in [-0.2, -0.15) is 5.10 Å². The molecule has 1 N–H and O–H groups in total. The van der Waals surface area contributed by atoms with Crippen LogP contribution >= 0.6 is 0 Å². The number of aromatic nitrogens is 2. The van der Waals surface area contributed by atoms with E-state index < -0.39 is 0 Å². The average Bonchev–Trinajstić information content (AvgIpc) is 2.98. The Kier molecular flexibility index (Phi) is 6.31. The molecule has 29 heavy (non-hydrogen) atoms. The normalized spacial score (nSPS) is 20.3. The lowest BCUT2D eigenvalue weighted by molar-refractivity contribution is 0.0754. The molecular formula is C23H33N5O. The van der Waals surface area contributed by atoms with Gasteiger partial charge in [0.1, 0.15) is 0 Å². The van der Waals surface area contributed by atoms with Crippen molar-refractivity contribution in [2.75, 3.05) is 33.2 Å². The first-order valence-electron chi connectivity index (χ1n) is 11.0. The summed E-state index contributed by atoms with van der Waals surface area (Å²) in [5, 5.41) is 8.47. The molecule has 156 valence electrons. The molecule has 0 bridgehead atoms. The van der Waals surface area contributed by atoms with E-state index in [1.807, 2.05) is 11.0 Å². The maximum absolute atomic E-state index is 13.4. The van der Waals surface area contributed by atoms with E-state index in [4.69, 9.17) is 5.10 Å². The average molecular weight is 396 g/mol. The molecule has 1 aromatic heterocycles. The molecule has 6 nitrogen and oxygen atoms in total. The number of rotatable bonds is 5. The van der Waals surface area contributed by atoms with Crippen LogP contribution in [0.2, 0.25) is 0 Å². The molecule has 0 saturated carbocycles. The first-order valence-corrected chi connectivity index (χ1v) is 11.0. The molecule has 1 unspecified atom stereocenters. The van der Waals surface area contributed by atoms with Crippen molar-refractivity contribution >= 4 is 5.91 Å². The van der Waals surface area contributed by atoms with E-state index in [1.165, 1.54) is 16.8 Å². The second kappa shape index (κ2) is 9.09. The zero-order valence-corrected chi connectivity index (χ0v) is 17.7. The zero-order chi connectivity index (χ0) is 20.2. The number of nitrogens with zero attached hydrogens (tertiary/aromatic N) is 4. The van der Waals surface area contributed by atoms with Gasteiger partial charge in [-0.3, -0.25) is 9.48 Å². The van der Waals surface area contributed by atoms with E-state index >= 15 is 0 Å². The van der Waals surface area contributed by atoms with E-state index in [0.717, 1.165) is 65.0 Å². The summed E-state index contributed by atoms with van der Waals surface area (Å²) < 4.78 is 2.06. The molecule has 2 aromatic rings. The first-order chi connectivity index (χ1) is 14.2. The van der Waals surface area contributed by atoms with Crippen LogP contribution in [-0.2, 0) is 25.9 Å². The maximum atomic E-state index is 13.4. The lowest BCUT2D eigenvalue weighted by atomic mass is 9.91. The Morgan fingerprint density at radius 2 is 2.00 bits per heavy atom. The number of likely N-dealkylation sites (N-methyl/N-ethyl adjacent to an activating group) is 1. The fourth-order valence-electron chi connectivity index (χ4n) is 4.55. The second-order valence-corrected chi connectivity index (χ2v) is 8.34. The minimum Gasteiger partial charge on any atom is -0.336 e. The van der Waals surface area contributed by atoms with Gasteiger partial charge in [0, 0.05) is 50.0 Å². The highest BCUT2D eigenvalue weighted by molar-refractivity contribution is 5.94. The van der Waals surface area contributed by atoms with Crippen molar-refractivity contribution in [1.29, 1.82) is 0 Å². The van der Waals surface area contributed by atoms with E-state index in [2.05, 4.69) is 53.1 Å². The molecule has 1 saturated heterocycles. The van der Waals surface area contributed by atoms with Crippen LogP contribution in [-0.4, -0.2) is 64.8 Å². The van der Waals surface area contributed by atoms with Crippen molar-refractivity contribution in [3.05, 3.63) is 52.8 Å². The van der Waals surface area contributed by atoms with Crippen molar-refractivity contribution in [2.45, 2.75) is 51.7 Å². The number of fused-ring (bicyclic) bond motifs is 1. The summed E-state index contributed by atoms with van der Waals surface area (Å²) in [5.41, 5.74) is 4.43. The van der Waals surface area contributed by atoms with E-state index in [1.54, 1.807) is 0 Å². The molecule has 0 radical (unpaired) electrons. The molecule has 6 heteroatoms. The van der Waals surface area contributed by atoms with Crippen LogP contribution in [0.25, 0.3) is 0 Å². The van der Waals surface area contributed by atoms with Gasteiger partial charge < -0.3 is 15.1 Å². The summed E-state index contributed by atoms with van der Waals surface area (Å²) >= 11 is 0. The van der Waals surface area contributed by atoms with Crippen LogP contribution in [0.3, 0.4) is 0 Å². The zero-order valence-electron chi connectivity index (χ0n) is 17.7. The van der Waals surface area contributed by atoms with Gasteiger partial charge in [-0.05, 0) is 51.8 Å². The van der Waals surface area contributed by atoms with E-state index in [0.29, 0.717) is 11.7 Å². The Hall–Kier alpha value is -2.18. The SMILES string of the molecule is CCn1nc(C(=O)N2CCCN(C)CC2)c2c1CCC(NCc1ccccc1)C2. The van der Waals surface area contributed by atoms with Crippen molar-refractivity contribution in [3.8, 4) is 0 Å². The molecule has 1 aromatic carbocycles. The topological polar surface area (TPSA) is 53.4 Å². The monoisotopic (exact) mass is 395 g/mol. The Balaban J connectivity index is 1.50. The second-order valence-electron chi connectivity index (χ2n) is 8.34. The molecular weight excluding hydrogens is 362 g/mol. The Morgan fingerprint density at radius 3 is 2.79 bits per heavy atom. The highest BCUT2D eigenvalue weighted by Gasteiger charge is 2.31. The van der Waals surface area contributed by atoms with Gasteiger partial charge in [-0.1, -0.05) is 30.3 Å². The highest BCUT2D eigenvalue weighted by Crippen LogP contribution is 2.26. The summed E-state index contributed by atoms with van der Waals surface area (Å²) in [6, 6.07) is 10.9. The third kappa shape index (κ3) is 4.54. The van der Waals surface area contributed by atoms with E-state index in [-0.39, 0.29) is 5.91 Å². The van der Waals surface area contributed by atoms with E-state index in [9.17, 15) is 4.79 Å². The summed E-state index contributed by atoms with van der Waals surface area (Å²) in [6.07, 6.45) is 3.99. The van der Waals surface area contributed by atoms with Gasteiger partial charge in [-0.15, -0.1) is 0 Å². The number of benzene rings is 1. The van der Waals surface area contributed by atoms with Gasteiger partial charge in [0.2, 0.25) is 0 Å². The summed E-state index contributed by atoms with van der Waals surface area (Å²) in [4.78, 5) is 17.7. The van der Waals surface area contributed by atoms with Gasteiger partial charge in [-0.25, -0.2) is 0 Å². The van der Waals surface area contributed by atoms with Gasteiger partial charge in [0.15, 0.2) is 5.69 Å². The number of carbonyl (C=O) groups is 1. The summed E-state index contributed by atoms with van der Waals surface area (Å²) in [7, 11) is 2.13. The third-order valence-corrected chi connectivity index (χ3v) is 6.29. The van der Waals surface area contributed by atoms with Crippen molar-refractivity contribution in [2.24, 2.45) is 0 Å². The lowest BCUT2D eigenvalue weighted by Gasteiger charge is -2.25. The quantitative estimate of drug-likeness (QED) is 0.844. The van der Waals surface area contributed by atoms with Crippen LogP contribution < -0.4 is 5.32 Å². The fraction of sp³-hybridized carbons (Fsp3) is 0.565. The predicted molar refractivity (Wildman–Crippen MR) is 115 cm³/mol. The lowest BCUT2D eigenvalue weighted by Crippen LogP contribution is -2.37. The Bertz CT molecular complexity index is 831. The third-order valence-electron chi connectivity index (χ3n) is 6.29. The van der Waals surface area contributed by atoms with Crippen molar-refractivity contribution in [1.82, 2.24) is 24.9 Å². The van der Waals surface area contributed by atoms with Gasteiger partial charge in [0.05, 0.1) is 0 Å². The van der Waals surface area contributed by atoms with Crippen LogP contribution in [0.15, 0.2) is 30.3 Å². The highest BCUT2D eigenvalue weighted by atomic mass is 16.2. The molecule has 1 amide bonds. The number of hydrogen-bond acceptors (Lipinski definition) is 4. The summed E-state index contributed by atoms with van der Waals surface area (Å²) in [6.45, 7) is 7.40. The van der Waals surface area contributed by atoms with Crippen molar-refractivity contribution in [3.63, 3.8) is 0 Å². The van der Waals surface area contributed by atoms with Gasteiger partial charge in [0.25, 0.3) is 5.91 Å². The largest absolute Gasteiger partial charge is 0.336 e. The number of amides is 1. The molecule has 1 fully saturated rings. The molecule has 4 rings (SSSR count). The first kappa shape index (κ1) is 20.1. The van der Waals surface area contributed by atoms with Crippen molar-refractivity contribution < 1.29 is 4.79 Å². The number of nitrogens with one attached hydrogen (secondary N) is 1. The minimum absolute atomic E-state index is 0.118. The van der Waals surface area contributed by atoms with Crippen LogP contribution in [0.5, 0.6) is 0 Å². The predicted octanol–water partition coefficient (Wildman–Crippen LogP) is 2.33. The molecule has 1 aliphatic heterocycles. The molecule has 1 aliphatic carbocycles. The van der Waals surface area contributed by atoms with Crippen LogP contribution in [0.4, 0.5) is 0 Å². The van der Waals surface area contributed by atoms with Crippen LogP contribution in [0.1, 0.15) is 47.1 Å². The Morgan fingerprint density at radius 1 is 1.17 bits per heavy atom. The molecule has 2 aliphatic rings. The Labute approximate surface area is 173 Å². The minimum atomic E-state index is 0.118. The molecule has 1 atom stereocenters. The molecule has 0 spiro atoms. The molecule has 2 heterocycles. The summed E-state index contributed by atoms with van der Waals surface area (Å²) in [5.74, 6) is 0.118. The van der Waals surface area contributed by atoms with Gasteiger partial charge >= 0.3 is 0 Å². The number of hydrogen-bond donors (Lipinski definition) is 1. The van der Waals surface area contributed by atoms with Crippen LogP contribution in [0, 0.1) is 0 Å². The fourth-order valence-corrected chi connectivity index (χ4v) is 4.55. The smallest absolute Gasteiger partial charge is 0.274 e. The maximum Gasteiger partial charge on any atom is 0.274 e.